The summed E-state index contributed by atoms with van der Waals surface area (Å²) in [4.78, 5) is 28.0. The van der Waals surface area contributed by atoms with Crippen molar-refractivity contribution in [1.82, 2.24) is 19.9 Å². The van der Waals surface area contributed by atoms with Crippen LogP contribution in [0.1, 0.15) is 12.8 Å². The van der Waals surface area contributed by atoms with Gasteiger partial charge in [-0.2, -0.15) is 0 Å². The Kier molecular flexibility index (Phi) is 4.40. The van der Waals surface area contributed by atoms with Gasteiger partial charge >= 0.3 is 5.97 Å². The van der Waals surface area contributed by atoms with Gasteiger partial charge in [0.15, 0.2) is 0 Å². The third-order valence-electron chi connectivity index (χ3n) is 5.46. The molecule has 1 aliphatic rings. The number of benzene rings is 1. The third-order valence-corrected chi connectivity index (χ3v) is 5.69. The molecular formula is C22H18ClN5O2. The zero-order valence-electron chi connectivity index (χ0n) is 15.9. The highest BCUT2D eigenvalue weighted by Gasteiger charge is 2.50. The highest BCUT2D eigenvalue weighted by atomic mass is 35.5. The van der Waals surface area contributed by atoms with Gasteiger partial charge in [0.25, 0.3) is 0 Å². The largest absolute Gasteiger partial charge is 0.481 e. The minimum atomic E-state index is -0.747. The normalized spacial score (nSPS) is 14.6. The fraction of sp³-hybridized carbons (Fsp3) is 0.182. The molecular weight excluding hydrogens is 402 g/mol. The second-order valence-corrected chi connectivity index (χ2v) is 7.99. The van der Waals surface area contributed by atoms with E-state index in [1.54, 1.807) is 12.4 Å². The van der Waals surface area contributed by atoms with Gasteiger partial charge in [-0.05, 0) is 55.3 Å². The van der Waals surface area contributed by atoms with Crippen LogP contribution in [-0.4, -0.2) is 37.6 Å². The summed E-state index contributed by atoms with van der Waals surface area (Å²) >= 11 is 6.04. The second-order valence-electron chi connectivity index (χ2n) is 7.55. The minimum absolute atomic E-state index is 0.393. The maximum atomic E-state index is 11.3. The Labute approximate surface area is 177 Å². The summed E-state index contributed by atoms with van der Waals surface area (Å²) in [5.41, 5.74) is 3.65. The van der Waals surface area contributed by atoms with Gasteiger partial charge in [0, 0.05) is 35.1 Å². The van der Waals surface area contributed by atoms with Crippen LogP contribution in [0.4, 0.5) is 5.82 Å². The van der Waals surface area contributed by atoms with E-state index < -0.39 is 11.4 Å². The first-order chi connectivity index (χ1) is 14.5. The Hall–Kier alpha value is -3.45. The van der Waals surface area contributed by atoms with Crippen LogP contribution in [0.3, 0.4) is 0 Å². The number of H-pyrrole nitrogens is 1. The molecule has 3 heterocycles. The first-order valence-electron chi connectivity index (χ1n) is 9.58. The summed E-state index contributed by atoms with van der Waals surface area (Å²) in [5, 5.41) is 13.0. The summed E-state index contributed by atoms with van der Waals surface area (Å²) in [5.74, 6) is 0.642. The molecule has 0 aliphatic heterocycles. The summed E-state index contributed by atoms with van der Waals surface area (Å²) in [6.07, 6.45) is 4.92. The predicted octanol–water partition coefficient (Wildman–Crippen LogP) is 4.62. The number of anilines is 1. The number of carbonyl (C=O) groups is 1. The number of hydrogen-bond acceptors (Lipinski definition) is 5. The topological polar surface area (TPSA) is 104 Å². The molecule has 30 heavy (non-hydrogen) atoms. The number of rotatable bonds is 6. The highest BCUT2D eigenvalue weighted by Crippen LogP contribution is 2.45. The molecule has 0 unspecified atom stereocenters. The Morgan fingerprint density at radius 1 is 1.10 bits per heavy atom. The molecule has 0 atom stereocenters. The molecule has 4 aromatic rings. The molecule has 150 valence electrons. The zero-order valence-corrected chi connectivity index (χ0v) is 16.6. The van der Waals surface area contributed by atoms with Crippen LogP contribution >= 0.6 is 11.6 Å². The third kappa shape index (κ3) is 3.48. The van der Waals surface area contributed by atoms with Gasteiger partial charge in [0.1, 0.15) is 11.6 Å². The molecule has 0 spiro atoms. The number of imidazole rings is 1. The van der Waals surface area contributed by atoms with Crippen molar-refractivity contribution in [3.8, 4) is 22.6 Å². The van der Waals surface area contributed by atoms with E-state index >= 15 is 0 Å². The maximum Gasteiger partial charge on any atom is 0.311 e. The van der Waals surface area contributed by atoms with Crippen LogP contribution in [0.5, 0.6) is 0 Å². The van der Waals surface area contributed by atoms with Crippen LogP contribution in [0.25, 0.3) is 33.7 Å². The number of pyridine rings is 2. The summed E-state index contributed by atoms with van der Waals surface area (Å²) < 4.78 is 0. The van der Waals surface area contributed by atoms with Crippen molar-refractivity contribution in [2.24, 2.45) is 5.41 Å². The van der Waals surface area contributed by atoms with Crippen molar-refractivity contribution in [2.75, 3.05) is 11.9 Å². The Morgan fingerprint density at radius 2 is 1.90 bits per heavy atom. The van der Waals surface area contributed by atoms with E-state index in [1.165, 1.54) is 0 Å². The smallest absolute Gasteiger partial charge is 0.311 e. The summed E-state index contributed by atoms with van der Waals surface area (Å²) in [6, 6.07) is 13.2. The minimum Gasteiger partial charge on any atom is -0.481 e. The van der Waals surface area contributed by atoms with E-state index in [1.807, 2.05) is 42.5 Å². The Bertz CT molecular complexity index is 1230. The van der Waals surface area contributed by atoms with E-state index in [4.69, 9.17) is 11.6 Å². The molecule has 1 aromatic carbocycles. The van der Waals surface area contributed by atoms with Crippen LogP contribution in [0, 0.1) is 5.41 Å². The second kappa shape index (κ2) is 7.11. The lowest BCUT2D eigenvalue weighted by Crippen LogP contribution is -2.24. The van der Waals surface area contributed by atoms with Gasteiger partial charge < -0.3 is 15.4 Å². The first kappa shape index (κ1) is 18.6. The molecule has 0 radical (unpaired) electrons. The number of nitrogens with one attached hydrogen (secondary N) is 2. The van der Waals surface area contributed by atoms with Crippen molar-refractivity contribution in [3.05, 3.63) is 59.9 Å². The number of aromatic nitrogens is 4. The van der Waals surface area contributed by atoms with Gasteiger partial charge in [0.2, 0.25) is 0 Å². The van der Waals surface area contributed by atoms with Crippen LogP contribution in [0.2, 0.25) is 5.02 Å². The number of nitrogens with zero attached hydrogens (tertiary/aromatic N) is 3. The van der Waals surface area contributed by atoms with Crippen molar-refractivity contribution in [2.45, 2.75) is 12.8 Å². The van der Waals surface area contributed by atoms with E-state index in [-0.39, 0.29) is 0 Å². The van der Waals surface area contributed by atoms with Crippen LogP contribution in [-0.2, 0) is 4.79 Å². The van der Waals surface area contributed by atoms with Gasteiger partial charge in [-0.3, -0.25) is 9.78 Å². The zero-order chi connectivity index (χ0) is 20.7. The number of carboxylic acid groups (broad SMARTS) is 1. The maximum absolute atomic E-state index is 11.3. The van der Waals surface area contributed by atoms with Crippen LogP contribution in [0.15, 0.2) is 54.9 Å². The fourth-order valence-corrected chi connectivity index (χ4v) is 3.52. The lowest BCUT2D eigenvalue weighted by molar-refractivity contribution is -0.142. The molecule has 3 N–H and O–H groups in total. The number of aromatic amines is 1. The molecule has 3 aromatic heterocycles. The van der Waals surface area contributed by atoms with Gasteiger partial charge in [-0.15, -0.1) is 0 Å². The molecule has 7 nitrogen and oxygen atoms in total. The molecule has 5 rings (SSSR count). The van der Waals surface area contributed by atoms with E-state index in [2.05, 4.69) is 25.3 Å². The molecule has 0 bridgehead atoms. The van der Waals surface area contributed by atoms with E-state index in [9.17, 15) is 9.90 Å². The molecule has 8 heteroatoms. The average molecular weight is 420 g/mol. The number of carboxylic acids is 1. The SMILES string of the molecule is O=C(O)C1(CNc2ccc(-c3ccc(-c4nc5ccc(Cl)cc5[nH]4)cn3)cn2)CC1. The lowest BCUT2D eigenvalue weighted by Gasteiger charge is -2.11. The molecule has 1 aliphatic carbocycles. The van der Waals surface area contributed by atoms with E-state index in [0.29, 0.717) is 30.2 Å². The fourth-order valence-electron chi connectivity index (χ4n) is 3.35. The monoisotopic (exact) mass is 419 g/mol. The predicted molar refractivity (Wildman–Crippen MR) is 115 cm³/mol. The number of hydrogen-bond donors (Lipinski definition) is 3. The molecule has 0 amide bonds. The quantitative estimate of drug-likeness (QED) is 0.421. The first-order valence-corrected chi connectivity index (χ1v) is 9.96. The Morgan fingerprint density at radius 3 is 2.57 bits per heavy atom. The van der Waals surface area contributed by atoms with Crippen molar-refractivity contribution < 1.29 is 9.90 Å². The van der Waals surface area contributed by atoms with Crippen LogP contribution < -0.4 is 5.32 Å². The number of aliphatic carboxylic acids is 1. The molecule has 1 fully saturated rings. The molecule has 1 saturated carbocycles. The average Bonchev–Trinajstić information content (AvgIpc) is 3.45. The highest BCUT2D eigenvalue weighted by molar-refractivity contribution is 6.31. The number of halogens is 1. The molecule has 0 saturated heterocycles. The summed E-state index contributed by atoms with van der Waals surface area (Å²) in [6.45, 7) is 0.393. The summed E-state index contributed by atoms with van der Waals surface area (Å²) in [7, 11) is 0. The van der Waals surface area contributed by atoms with E-state index in [0.717, 1.165) is 33.7 Å². The van der Waals surface area contributed by atoms with Crippen molar-refractivity contribution in [1.29, 1.82) is 0 Å². The van der Waals surface area contributed by atoms with Gasteiger partial charge in [-0.25, -0.2) is 9.97 Å². The Balaban J connectivity index is 1.30. The van der Waals surface area contributed by atoms with Gasteiger partial charge in [0.05, 0.1) is 22.1 Å². The van der Waals surface area contributed by atoms with Gasteiger partial charge in [-0.1, -0.05) is 11.6 Å². The van der Waals surface area contributed by atoms with Crippen molar-refractivity contribution in [3.63, 3.8) is 0 Å². The lowest BCUT2D eigenvalue weighted by atomic mass is 10.1. The number of fused-ring (bicyclic) bond motifs is 1. The van der Waals surface area contributed by atoms with Crippen molar-refractivity contribution >= 4 is 34.4 Å². The standard InChI is InChI=1S/C22H18ClN5O2/c23-15-3-5-17-18(9-15)28-20(27-17)14-1-4-16(24-11-14)13-2-6-19(25-10-13)26-12-22(7-8-22)21(29)30/h1-6,9-11H,7-8,12H2,(H,25,26)(H,27,28)(H,29,30).